The minimum atomic E-state index is 0.565. The molecular weight excluding hydrogens is 216 g/mol. The highest BCUT2D eigenvalue weighted by molar-refractivity contribution is 7.10. The monoisotopic (exact) mass is 238 g/mol. The predicted octanol–water partition coefficient (Wildman–Crippen LogP) is 2.93. The summed E-state index contributed by atoms with van der Waals surface area (Å²) in [4.78, 5) is 1.49. The molecule has 0 bridgehead atoms. The van der Waals surface area contributed by atoms with E-state index >= 15 is 0 Å². The molecule has 1 aliphatic rings. The van der Waals surface area contributed by atoms with Crippen LogP contribution in [0.4, 0.5) is 0 Å². The lowest BCUT2D eigenvalue weighted by Gasteiger charge is -2.28. The van der Waals surface area contributed by atoms with Crippen molar-refractivity contribution < 1.29 is 0 Å². The van der Waals surface area contributed by atoms with E-state index in [1.807, 2.05) is 11.3 Å². The van der Waals surface area contributed by atoms with Crippen LogP contribution in [0.15, 0.2) is 17.5 Å². The van der Waals surface area contributed by atoms with Gasteiger partial charge in [-0.2, -0.15) is 0 Å². The van der Waals surface area contributed by atoms with E-state index < -0.39 is 0 Å². The van der Waals surface area contributed by atoms with Crippen molar-refractivity contribution in [2.45, 2.75) is 44.7 Å². The van der Waals surface area contributed by atoms with Crippen LogP contribution >= 0.6 is 11.3 Å². The van der Waals surface area contributed by atoms with E-state index in [2.05, 4.69) is 35.1 Å². The molecule has 0 aliphatic carbocycles. The van der Waals surface area contributed by atoms with Crippen LogP contribution in [0.2, 0.25) is 0 Å². The second-order valence-corrected chi connectivity index (χ2v) is 5.55. The minimum Gasteiger partial charge on any atom is -0.315 e. The van der Waals surface area contributed by atoms with Crippen LogP contribution in [-0.4, -0.2) is 19.1 Å². The number of hydrogen-bond acceptors (Lipinski definition) is 3. The van der Waals surface area contributed by atoms with E-state index in [0.29, 0.717) is 12.1 Å². The van der Waals surface area contributed by atoms with Gasteiger partial charge in [0.15, 0.2) is 0 Å². The summed E-state index contributed by atoms with van der Waals surface area (Å²) in [6, 6.07) is 5.64. The molecule has 2 rings (SSSR count). The summed E-state index contributed by atoms with van der Waals surface area (Å²) in [7, 11) is 0. The fourth-order valence-corrected chi connectivity index (χ4v) is 3.19. The highest BCUT2D eigenvalue weighted by Crippen LogP contribution is 2.24. The lowest BCUT2D eigenvalue weighted by molar-refractivity contribution is 0.345. The zero-order valence-electron chi connectivity index (χ0n) is 10.0. The highest BCUT2D eigenvalue weighted by Gasteiger charge is 2.18. The summed E-state index contributed by atoms with van der Waals surface area (Å²) in [6.07, 6.45) is 5.12. The average molecular weight is 238 g/mol. The van der Waals surface area contributed by atoms with Crippen molar-refractivity contribution >= 4 is 11.3 Å². The summed E-state index contributed by atoms with van der Waals surface area (Å²) in [5.74, 6) is 0. The molecule has 2 unspecified atom stereocenters. The van der Waals surface area contributed by atoms with E-state index in [4.69, 9.17) is 0 Å². The van der Waals surface area contributed by atoms with Gasteiger partial charge in [-0.3, -0.25) is 0 Å². The maximum absolute atomic E-state index is 3.81. The molecule has 1 aromatic heterocycles. The summed E-state index contributed by atoms with van der Waals surface area (Å²) in [5.41, 5.74) is 0. The first-order chi connectivity index (χ1) is 7.90. The third kappa shape index (κ3) is 3.30. The Bertz CT molecular complexity index is 278. The number of nitrogens with one attached hydrogen (secondary N) is 2. The third-order valence-electron chi connectivity index (χ3n) is 3.20. The number of hydrogen-bond donors (Lipinski definition) is 2. The summed E-state index contributed by atoms with van der Waals surface area (Å²) < 4.78 is 0. The lowest BCUT2D eigenvalue weighted by Crippen LogP contribution is -2.44. The van der Waals surface area contributed by atoms with Crippen molar-refractivity contribution in [1.29, 1.82) is 0 Å². The van der Waals surface area contributed by atoms with E-state index in [1.54, 1.807) is 0 Å². The van der Waals surface area contributed by atoms with Gasteiger partial charge in [0, 0.05) is 23.5 Å². The topological polar surface area (TPSA) is 24.1 Å². The second kappa shape index (κ2) is 6.38. The smallest absolute Gasteiger partial charge is 0.0417 e. The molecule has 2 nitrogen and oxygen atoms in total. The lowest BCUT2D eigenvalue weighted by atomic mass is 10.0. The Balaban J connectivity index is 1.91. The fourth-order valence-electron chi connectivity index (χ4n) is 2.36. The third-order valence-corrected chi connectivity index (χ3v) is 4.18. The molecule has 2 atom stereocenters. The summed E-state index contributed by atoms with van der Waals surface area (Å²) in [5, 5.41) is 9.46. The fraction of sp³-hybridized carbons (Fsp3) is 0.692. The highest BCUT2D eigenvalue weighted by atomic mass is 32.1. The molecule has 1 saturated heterocycles. The molecule has 16 heavy (non-hydrogen) atoms. The molecule has 0 amide bonds. The Morgan fingerprint density at radius 1 is 1.62 bits per heavy atom. The molecule has 1 aliphatic heterocycles. The Kier molecular flexibility index (Phi) is 4.82. The van der Waals surface area contributed by atoms with Crippen LogP contribution in [0.1, 0.15) is 43.5 Å². The Labute approximate surface area is 102 Å². The van der Waals surface area contributed by atoms with E-state index in [-0.39, 0.29) is 0 Å². The summed E-state index contributed by atoms with van der Waals surface area (Å²) in [6.45, 7) is 4.59. The molecule has 0 radical (unpaired) electrons. The normalized spacial score (nSPS) is 23.2. The minimum absolute atomic E-state index is 0.565. The van der Waals surface area contributed by atoms with Gasteiger partial charge in [0.05, 0.1) is 0 Å². The Hall–Kier alpha value is -0.380. The van der Waals surface area contributed by atoms with E-state index in [9.17, 15) is 0 Å². The molecule has 2 heterocycles. The first-order valence-electron chi connectivity index (χ1n) is 6.40. The molecular formula is C13H22N2S. The van der Waals surface area contributed by atoms with Gasteiger partial charge in [-0.25, -0.2) is 0 Å². The van der Waals surface area contributed by atoms with Crippen LogP contribution in [0, 0.1) is 0 Å². The molecule has 2 N–H and O–H groups in total. The van der Waals surface area contributed by atoms with Crippen molar-refractivity contribution in [1.82, 2.24) is 10.6 Å². The molecule has 0 saturated carbocycles. The van der Waals surface area contributed by atoms with Crippen molar-refractivity contribution in [3.8, 4) is 0 Å². The van der Waals surface area contributed by atoms with Crippen LogP contribution in [0.25, 0.3) is 0 Å². The van der Waals surface area contributed by atoms with Crippen LogP contribution in [0.5, 0.6) is 0 Å². The number of rotatable bonds is 5. The molecule has 90 valence electrons. The molecule has 3 heteroatoms. The maximum atomic E-state index is 3.81. The van der Waals surface area contributed by atoms with Crippen LogP contribution in [0.3, 0.4) is 0 Å². The van der Waals surface area contributed by atoms with Gasteiger partial charge in [0.1, 0.15) is 0 Å². The van der Waals surface area contributed by atoms with Crippen molar-refractivity contribution in [3.63, 3.8) is 0 Å². The van der Waals surface area contributed by atoms with Gasteiger partial charge in [0.25, 0.3) is 0 Å². The van der Waals surface area contributed by atoms with Gasteiger partial charge in [-0.1, -0.05) is 19.4 Å². The molecule has 1 fully saturated rings. The van der Waals surface area contributed by atoms with Gasteiger partial charge in [0.2, 0.25) is 0 Å². The van der Waals surface area contributed by atoms with Crippen molar-refractivity contribution in [2.24, 2.45) is 0 Å². The van der Waals surface area contributed by atoms with E-state index in [0.717, 1.165) is 6.54 Å². The number of thiophene rings is 1. The Morgan fingerprint density at radius 3 is 3.19 bits per heavy atom. The van der Waals surface area contributed by atoms with Gasteiger partial charge in [-0.05, 0) is 37.3 Å². The zero-order chi connectivity index (χ0) is 11.2. The van der Waals surface area contributed by atoms with Gasteiger partial charge in [-0.15, -0.1) is 11.3 Å². The standard InChI is InChI=1S/C13H22N2S/c1-2-5-12(13-7-4-9-16-13)15-11-6-3-8-14-10-11/h4,7,9,11-12,14-15H,2-3,5-6,8,10H2,1H3. The SMILES string of the molecule is CCCC(NC1CCCNC1)c1cccs1. The maximum Gasteiger partial charge on any atom is 0.0417 e. The first-order valence-corrected chi connectivity index (χ1v) is 7.28. The van der Waals surface area contributed by atoms with Crippen molar-refractivity contribution in [2.75, 3.05) is 13.1 Å². The summed E-state index contributed by atoms with van der Waals surface area (Å²) >= 11 is 1.88. The predicted molar refractivity (Wildman–Crippen MR) is 71.0 cm³/mol. The Morgan fingerprint density at radius 2 is 2.56 bits per heavy atom. The van der Waals surface area contributed by atoms with Gasteiger partial charge >= 0.3 is 0 Å². The molecule has 1 aromatic rings. The van der Waals surface area contributed by atoms with Crippen LogP contribution < -0.4 is 10.6 Å². The largest absolute Gasteiger partial charge is 0.315 e. The van der Waals surface area contributed by atoms with Gasteiger partial charge < -0.3 is 10.6 Å². The number of piperidine rings is 1. The molecule has 0 spiro atoms. The van der Waals surface area contributed by atoms with E-state index in [1.165, 1.54) is 37.1 Å². The quantitative estimate of drug-likeness (QED) is 0.824. The second-order valence-electron chi connectivity index (χ2n) is 4.57. The zero-order valence-corrected chi connectivity index (χ0v) is 10.9. The first kappa shape index (κ1) is 12.1. The molecule has 0 aromatic carbocycles. The van der Waals surface area contributed by atoms with Crippen LogP contribution in [-0.2, 0) is 0 Å². The average Bonchev–Trinajstić information content (AvgIpc) is 2.83. The van der Waals surface area contributed by atoms with Crippen molar-refractivity contribution in [3.05, 3.63) is 22.4 Å².